The number of alkyl halides is 1. The van der Waals surface area contributed by atoms with Gasteiger partial charge in [0.15, 0.2) is 17.3 Å². The molecule has 0 spiro atoms. The van der Waals surface area contributed by atoms with Gasteiger partial charge < -0.3 is 20.7 Å². The van der Waals surface area contributed by atoms with E-state index in [-0.39, 0.29) is 18.4 Å². The molecule has 1 aliphatic rings. The van der Waals surface area contributed by atoms with Crippen molar-refractivity contribution in [3.05, 3.63) is 6.33 Å². The Hall–Kier alpha value is -1.65. The standard InChI is InChI=1S/C11H14FN5O3S/c1-20-9-6-8(15-11(13)16-9)17(3-14-6)10-5(12)7(19)4(2-18)21-10/h3-5,7,10,18-19H,2H2,1H3,(H2,13,15,16)/t4-,5+,7+,10-/m0/s1. The molecule has 3 heterocycles. The van der Waals surface area contributed by atoms with Gasteiger partial charge in [0.25, 0.3) is 0 Å². The highest BCUT2D eigenvalue weighted by atomic mass is 32.2. The topological polar surface area (TPSA) is 119 Å². The first-order valence-corrected chi connectivity index (χ1v) is 7.13. The molecule has 21 heavy (non-hydrogen) atoms. The molecule has 2 aromatic heterocycles. The molecular formula is C11H14FN5O3S. The highest BCUT2D eigenvalue weighted by Gasteiger charge is 2.45. The Kier molecular flexibility index (Phi) is 3.59. The Morgan fingerprint density at radius 3 is 2.90 bits per heavy atom. The first-order valence-electron chi connectivity index (χ1n) is 6.19. The summed E-state index contributed by atoms with van der Waals surface area (Å²) in [5.74, 6) is 0.188. The lowest BCUT2D eigenvalue weighted by atomic mass is 10.1. The van der Waals surface area contributed by atoms with E-state index in [4.69, 9.17) is 10.5 Å². The third-order valence-corrected chi connectivity index (χ3v) is 4.89. The molecule has 0 unspecified atom stereocenters. The van der Waals surface area contributed by atoms with Crippen molar-refractivity contribution in [2.75, 3.05) is 19.5 Å². The fraction of sp³-hybridized carbons (Fsp3) is 0.545. The molecule has 4 atom stereocenters. The number of nitrogens with zero attached hydrogens (tertiary/aromatic N) is 4. The molecule has 10 heteroatoms. The van der Waals surface area contributed by atoms with Crippen LogP contribution >= 0.6 is 11.8 Å². The Balaban J connectivity index is 2.07. The minimum Gasteiger partial charge on any atom is -0.479 e. The van der Waals surface area contributed by atoms with E-state index in [0.29, 0.717) is 11.2 Å². The molecule has 0 aliphatic carbocycles. The average Bonchev–Trinajstić information content (AvgIpc) is 3.01. The van der Waals surface area contributed by atoms with Gasteiger partial charge in [0.1, 0.15) is 11.5 Å². The normalized spacial score (nSPS) is 29.1. The molecular weight excluding hydrogens is 301 g/mol. The Bertz CT molecular complexity index is 669. The lowest BCUT2D eigenvalue weighted by molar-refractivity contribution is 0.0642. The van der Waals surface area contributed by atoms with Crippen LogP contribution in [0, 0.1) is 0 Å². The first-order chi connectivity index (χ1) is 10.1. The van der Waals surface area contributed by atoms with Gasteiger partial charge in [-0.15, -0.1) is 11.8 Å². The van der Waals surface area contributed by atoms with Crippen molar-refractivity contribution in [2.45, 2.75) is 22.9 Å². The summed E-state index contributed by atoms with van der Waals surface area (Å²) in [6, 6.07) is 0. The van der Waals surface area contributed by atoms with Crippen LogP contribution in [0.4, 0.5) is 10.3 Å². The van der Waals surface area contributed by atoms with Crippen LogP contribution in [-0.2, 0) is 0 Å². The van der Waals surface area contributed by atoms with Crippen molar-refractivity contribution < 1.29 is 19.3 Å². The summed E-state index contributed by atoms with van der Waals surface area (Å²) >= 11 is 1.12. The van der Waals surface area contributed by atoms with Crippen molar-refractivity contribution in [2.24, 2.45) is 0 Å². The van der Waals surface area contributed by atoms with Gasteiger partial charge in [-0.3, -0.25) is 4.57 Å². The number of aliphatic hydroxyl groups is 2. The fourth-order valence-electron chi connectivity index (χ4n) is 2.31. The zero-order valence-corrected chi connectivity index (χ0v) is 11.9. The van der Waals surface area contributed by atoms with Gasteiger partial charge in [0.05, 0.1) is 25.3 Å². The number of nitrogens with two attached hydrogens (primary N) is 1. The van der Waals surface area contributed by atoms with Crippen molar-refractivity contribution in [3.8, 4) is 5.88 Å². The number of halogens is 1. The molecule has 2 aromatic rings. The lowest BCUT2D eigenvalue weighted by Crippen LogP contribution is -2.29. The minimum atomic E-state index is -1.55. The maximum atomic E-state index is 14.3. The van der Waals surface area contributed by atoms with Crippen LogP contribution in [0.3, 0.4) is 0 Å². The summed E-state index contributed by atoms with van der Waals surface area (Å²) in [5, 5.41) is 17.6. The predicted octanol–water partition coefficient (Wildman–Crippen LogP) is -0.278. The minimum absolute atomic E-state index is 0.0150. The Morgan fingerprint density at radius 1 is 1.52 bits per heavy atom. The van der Waals surface area contributed by atoms with E-state index >= 15 is 0 Å². The number of aliphatic hydroxyl groups excluding tert-OH is 2. The van der Waals surface area contributed by atoms with E-state index in [1.165, 1.54) is 18.0 Å². The van der Waals surface area contributed by atoms with Crippen LogP contribution in [0.2, 0.25) is 0 Å². The number of nitrogen functional groups attached to an aromatic ring is 1. The number of hydrogen-bond donors (Lipinski definition) is 3. The van der Waals surface area contributed by atoms with Crippen LogP contribution < -0.4 is 10.5 Å². The molecule has 1 fully saturated rings. The molecule has 0 saturated carbocycles. The second-order valence-electron chi connectivity index (χ2n) is 4.60. The van der Waals surface area contributed by atoms with Crippen molar-refractivity contribution in [3.63, 3.8) is 0 Å². The summed E-state index contributed by atoms with van der Waals surface area (Å²) in [5.41, 5.74) is 6.30. The van der Waals surface area contributed by atoms with E-state index < -0.39 is 22.9 Å². The number of hydrogen-bond acceptors (Lipinski definition) is 8. The highest BCUT2D eigenvalue weighted by Crippen LogP contribution is 2.44. The number of ether oxygens (including phenoxy) is 1. The number of imidazole rings is 1. The third kappa shape index (κ3) is 2.19. The molecule has 0 aromatic carbocycles. The number of rotatable bonds is 3. The average molecular weight is 315 g/mol. The van der Waals surface area contributed by atoms with Gasteiger partial charge >= 0.3 is 0 Å². The quantitative estimate of drug-likeness (QED) is 0.707. The number of aromatic nitrogens is 4. The summed E-state index contributed by atoms with van der Waals surface area (Å²) < 4.78 is 20.8. The van der Waals surface area contributed by atoms with Crippen LogP contribution in [-0.4, -0.2) is 61.0 Å². The number of anilines is 1. The van der Waals surface area contributed by atoms with Crippen LogP contribution in [0.5, 0.6) is 5.88 Å². The van der Waals surface area contributed by atoms with Gasteiger partial charge in [-0.25, -0.2) is 9.37 Å². The zero-order valence-electron chi connectivity index (χ0n) is 11.0. The zero-order chi connectivity index (χ0) is 15.1. The SMILES string of the molecule is COc1nc(N)nc2c1ncn2[C@H]1S[C@@H](CO)[C@@H](O)[C@H]1F. The number of fused-ring (bicyclic) bond motifs is 1. The van der Waals surface area contributed by atoms with E-state index in [1.54, 1.807) is 0 Å². The first kappa shape index (κ1) is 14.3. The van der Waals surface area contributed by atoms with Crippen molar-refractivity contribution in [1.29, 1.82) is 0 Å². The smallest absolute Gasteiger partial charge is 0.246 e. The molecule has 1 saturated heterocycles. The molecule has 0 radical (unpaired) electrons. The van der Waals surface area contributed by atoms with E-state index in [0.717, 1.165) is 11.8 Å². The molecule has 3 rings (SSSR count). The lowest BCUT2D eigenvalue weighted by Gasteiger charge is -2.15. The van der Waals surface area contributed by atoms with Crippen LogP contribution in [0.25, 0.3) is 11.2 Å². The van der Waals surface area contributed by atoms with Gasteiger partial charge in [-0.1, -0.05) is 0 Å². The maximum absolute atomic E-state index is 14.3. The van der Waals surface area contributed by atoms with Crippen molar-refractivity contribution in [1.82, 2.24) is 19.5 Å². The van der Waals surface area contributed by atoms with Gasteiger partial charge in [0, 0.05) is 0 Å². The van der Waals surface area contributed by atoms with Gasteiger partial charge in [0.2, 0.25) is 11.8 Å². The van der Waals surface area contributed by atoms with Crippen LogP contribution in [0.15, 0.2) is 6.33 Å². The molecule has 4 N–H and O–H groups in total. The second kappa shape index (κ2) is 5.28. The van der Waals surface area contributed by atoms with E-state index in [2.05, 4.69) is 15.0 Å². The Morgan fingerprint density at radius 2 is 2.29 bits per heavy atom. The van der Waals surface area contributed by atoms with Gasteiger partial charge in [-0.05, 0) is 0 Å². The fourth-order valence-corrected chi connectivity index (χ4v) is 3.67. The molecule has 0 bridgehead atoms. The monoisotopic (exact) mass is 315 g/mol. The summed E-state index contributed by atoms with van der Waals surface area (Å²) in [7, 11) is 1.42. The molecule has 8 nitrogen and oxygen atoms in total. The summed E-state index contributed by atoms with van der Waals surface area (Å²) in [4.78, 5) is 12.1. The third-order valence-electron chi connectivity index (χ3n) is 3.35. The number of thioether (sulfide) groups is 1. The second-order valence-corrected chi connectivity index (χ2v) is 5.96. The van der Waals surface area contributed by atoms with E-state index in [9.17, 15) is 14.6 Å². The molecule has 0 amide bonds. The highest BCUT2D eigenvalue weighted by molar-refractivity contribution is 8.00. The molecule has 1 aliphatic heterocycles. The summed E-state index contributed by atoms with van der Waals surface area (Å²) in [6.45, 7) is -0.310. The largest absolute Gasteiger partial charge is 0.479 e. The van der Waals surface area contributed by atoms with E-state index in [1.807, 2.05) is 0 Å². The maximum Gasteiger partial charge on any atom is 0.246 e. The molecule has 114 valence electrons. The van der Waals surface area contributed by atoms with Crippen molar-refractivity contribution >= 4 is 28.9 Å². The van der Waals surface area contributed by atoms with Gasteiger partial charge in [-0.2, -0.15) is 9.97 Å². The number of methoxy groups -OCH3 is 1. The Labute approximate surface area is 123 Å². The van der Waals surface area contributed by atoms with Crippen LogP contribution in [0.1, 0.15) is 5.37 Å². The summed E-state index contributed by atoms with van der Waals surface area (Å²) in [6.07, 6.45) is -1.40. The predicted molar refractivity (Wildman–Crippen MR) is 74.7 cm³/mol.